The van der Waals surface area contributed by atoms with Crippen LogP contribution in [0.5, 0.6) is 0 Å². The van der Waals surface area contributed by atoms with E-state index in [9.17, 15) is 0 Å². The summed E-state index contributed by atoms with van der Waals surface area (Å²) in [5.74, 6) is 1.02. The molecule has 0 radical (unpaired) electrons. The molecule has 0 spiro atoms. The Balaban J connectivity index is 2.28. The summed E-state index contributed by atoms with van der Waals surface area (Å²) in [6, 6.07) is 18.2. The number of hydrogen-bond donors (Lipinski definition) is 0. The number of hydrogen-bond acceptors (Lipinski definition) is 0. The zero-order chi connectivity index (χ0) is 11.4. The lowest BCUT2D eigenvalue weighted by Gasteiger charge is -2.00. The third-order valence-corrected chi connectivity index (χ3v) is 2.97. The van der Waals surface area contributed by atoms with Crippen molar-refractivity contribution in [2.75, 3.05) is 0 Å². The van der Waals surface area contributed by atoms with Gasteiger partial charge in [0.05, 0.1) is 5.88 Å². The van der Waals surface area contributed by atoms with Crippen LogP contribution in [0.3, 0.4) is 0 Å². The first-order valence-electron chi connectivity index (χ1n) is 4.97. The lowest BCUT2D eigenvalue weighted by atomic mass is 10.1. The van der Waals surface area contributed by atoms with Crippen LogP contribution in [0.4, 0.5) is 0 Å². The summed E-state index contributed by atoms with van der Waals surface area (Å²) in [6.07, 6.45) is 0. The van der Waals surface area contributed by atoms with Crippen LogP contribution in [0.15, 0.2) is 36.4 Å². The van der Waals surface area contributed by atoms with Crippen molar-refractivity contribution in [2.45, 2.75) is 11.8 Å². The van der Waals surface area contributed by atoms with E-state index in [0.29, 0.717) is 11.8 Å². The molecule has 0 unspecified atom stereocenters. The predicted molar refractivity (Wildman–Crippen MR) is 68.7 cm³/mol. The van der Waals surface area contributed by atoms with Crippen molar-refractivity contribution in [1.29, 1.82) is 0 Å². The molecule has 0 aliphatic heterocycles. The second-order valence-corrected chi connectivity index (χ2v) is 4.02. The Morgan fingerprint density at radius 3 is 2.06 bits per heavy atom. The maximum Gasteiger partial charge on any atom is 0.0553 e. The molecule has 80 valence electrons. The first-order valence-corrected chi connectivity index (χ1v) is 6.04. The molecule has 2 aromatic rings. The fourth-order valence-corrected chi connectivity index (χ4v) is 1.77. The smallest absolute Gasteiger partial charge is 0.0553 e. The van der Waals surface area contributed by atoms with Gasteiger partial charge in [0.2, 0.25) is 0 Å². The lowest BCUT2D eigenvalue weighted by Crippen LogP contribution is -1.80. The number of benzene rings is 1. The zero-order valence-corrected chi connectivity index (χ0v) is 10.1. The zero-order valence-electron chi connectivity index (χ0n) is 8.63. The summed E-state index contributed by atoms with van der Waals surface area (Å²) in [5, 5.41) is 0. The highest BCUT2D eigenvalue weighted by Gasteiger charge is 1.97. The average molecular weight is 249 g/mol. The van der Waals surface area contributed by atoms with Gasteiger partial charge >= 0.3 is 0 Å². The van der Waals surface area contributed by atoms with Crippen molar-refractivity contribution in [3.8, 4) is 11.1 Å². The van der Waals surface area contributed by atoms with Crippen molar-refractivity contribution in [3.63, 3.8) is 0 Å². The quantitative estimate of drug-likeness (QED) is 0.706. The largest absolute Gasteiger partial charge is 0.122 e. The Hall–Kier alpha value is -1.16. The second-order valence-electron chi connectivity index (χ2n) is 3.49. The van der Waals surface area contributed by atoms with Crippen LogP contribution < -0.4 is 0 Å². The molecular weight excluding hydrogens is 239 g/mol. The van der Waals surface area contributed by atoms with Gasteiger partial charge in [-0.3, -0.25) is 0 Å². The summed E-state index contributed by atoms with van der Waals surface area (Å²) in [7, 11) is 0. The number of halogens is 2. The molecule has 0 atom stereocenters. The third-order valence-electron chi connectivity index (χ3n) is 2.37. The van der Waals surface area contributed by atoms with Crippen molar-refractivity contribution < 1.29 is 0 Å². The maximum absolute atomic E-state index is 5.74. The van der Waals surface area contributed by atoms with Crippen LogP contribution in [-0.2, 0) is 11.8 Å². The minimum absolute atomic E-state index is 0.474. The van der Waals surface area contributed by atoms with Crippen molar-refractivity contribution >= 4 is 23.2 Å². The van der Waals surface area contributed by atoms with Crippen molar-refractivity contribution in [3.05, 3.63) is 59.7 Å². The monoisotopic (exact) mass is 248 g/mol. The highest BCUT2D eigenvalue weighted by molar-refractivity contribution is 6.17. The van der Waals surface area contributed by atoms with Crippen LogP contribution in [-0.4, -0.2) is 0 Å². The molecule has 0 fully saturated rings. The summed E-state index contributed by atoms with van der Waals surface area (Å²) in [5.41, 5.74) is 4.22. The van der Waals surface area contributed by atoms with Gasteiger partial charge in [-0.05, 0) is 23.3 Å². The van der Waals surface area contributed by atoms with E-state index in [1.165, 1.54) is 0 Å². The molecule has 16 heavy (non-hydrogen) atoms. The lowest BCUT2D eigenvalue weighted by molar-refractivity contribution is 1.39. The summed E-state index contributed by atoms with van der Waals surface area (Å²) >= 11 is 11.4. The summed E-state index contributed by atoms with van der Waals surface area (Å²) in [4.78, 5) is 0. The Morgan fingerprint density at radius 2 is 1.56 bits per heavy atom. The predicted octanol–water partition coefficient (Wildman–Crippen LogP) is 4.43. The van der Waals surface area contributed by atoms with Crippen LogP contribution >= 0.6 is 23.2 Å². The van der Waals surface area contributed by atoms with Gasteiger partial charge in [-0.15, -0.1) is 23.2 Å². The normalized spacial score (nSPS) is 9.88. The third kappa shape index (κ3) is 2.50. The van der Waals surface area contributed by atoms with Gasteiger partial charge in [0.1, 0.15) is 0 Å². The van der Waals surface area contributed by atoms with Crippen LogP contribution in [0.2, 0.25) is 0 Å². The molecule has 2 aromatic carbocycles. The van der Waals surface area contributed by atoms with Gasteiger partial charge < -0.3 is 0 Å². The molecule has 0 nitrogen and oxygen atoms in total. The van der Waals surface area contributed by atoms with Gasteiger partial charge in [0.25, 0.3) is 0 Å². The summed E-state index contributed by atoms with van der Waals surface area (Å²) in [6.45, 7) is 0. The van der Waals surface area contributed by atoms with Crippen LogP contribution in [0, 0.1) is 12.1 Å². The van der Waals surface area contributed by atoms with E-state index in [1.54, 1.807) is 0 Å². The van der Waals surface area contributed by atoms with Gasteiger partial charge in [-0.2, -0.15) is 0 Å². The van der Waals surface area contributed by atoms with Gasteiger partial charge in [0, 0.05) is 17.0 Å². The van der Waals surface area contributed by atoms with Gasteiger partial charge in [-0.25, -0.2) is 0 Å². The molecule has 0 aliphatic carbocycles. The van der Waals surface area contributed by atoms with E-state index >= 15 is 0 Å². The molecule has 0 saturated heterocycles. The summed E-state index contributed by atoms with van der Waals surface area (Å²) < 4.78 is 0. The van der Waals surface area contributed by atoms with E-state index < -0.39 is 0 Å². The van der Waals surface area contributed by atoms with E-state index in [1.807, 2.05) is 36.4 Å². The molecule has 0 bridgehead atoms. The molecule has 2 heteroatoms. The molecule has 0 aliphatic rings. The van der Waals surface area contributed by atoms with Crippen molar-refractivity contribution in [2.24, 2.45) is 0 Å². The maximum atomic E-state index is 5.74. The van der Waals surface area contributed by atoms with E-state index in [2.05, 4.69) is 12.1 Å². The SMILES string of the molecule is ClCc1c#cc(-c2ccc(CCl)cc2)cc1. The van der Waals surface area contributed by atoms with Gasteiger partial charge in [0.15, 0.2) is 0 Å². The first-order chi connectivity index (χ1) is 7.83. The molecule has 2 rings (SSSR count). The highest BCUT2D eigenvalue weighted by Crippen LogP contribution is 2.18. The fourth-order valence-electron chi connectivity index (χ4n) is 1.43. The van der Waals surface area contributed by atoms with E-state index in [0.717, 1.165) is 22.3 Å². The minimum Gasteiger partial charge on any atom is -0.122 e. The van der Waals surface area contributed by atoms with Gasteiger partial charge in [-0.1, -0.05) is 36.4 Å². The van der Waals surface area contributed by atoms with Crippen molar-refractivity contribution in [1.82, 2.24) is 0 Å². The molecule has 0 aromatic heterocycles. The molecule has 0 heterocycles. The standard InChI is InChI=1S/C14H10Cl2/c15-9-11-1-5-13(6-2-11)14-7-3-12(10-16)4-8-14/h1-3,5-7H,9-10H2. The van der Waals surface area contributed by atoms with Crippen LogP contribution in [0.25, 0.3) is 11.1 Å². The topological polar surface area (TPSA) is 0 Å². The fraction of sp³-hybridized carbons (Fsp3) is 0.143. The van der Waals surface area contributed by atoms with E-state index in [4.69, 9.17) is 23.2 Å². The Bertz CT molecular complexity index is 398. The first kappa shape index (κ1) is 11.3. The molecule has 0 saturated carbocycles. The highest BCUT2D eigenvalue weighted by atomic mass is 35.5. The number of alkyl halides is 2. The molecule has 0 amide bonds. The Labute approximate surface area is 106 Å². The van der Waals surface area contributed by atoms with Crippen LogP contribution in [0.1, 0.15) is 11.1 Å². The number of rotatable bonds is 3. The average Bonchev–Trinajstić information content (AvgIpc) is 2.39. The minimum atomic E-state index is 0.474. The second kappa shape index (κ2) is 5.25. The Morgan fingerprint density at radius 1 is 0.812 bits per heavy atom. The molecule has 0 N–H and O–H groups in total. The Kier molecular flexibility index (Phi) is 3.72. The molecular formula is C14H10Cl2. The van der Waals surface area contributed by atoms with E-state index in [-0.39, 0.29) is 0 Å².